The van der Waals surface area contributed by atoms with Crippen LogP contribution in [0.1, 0.15) is 15.9 Å². The second-order valence-corrected chi connectivity index (χ2v) is 7.31. The summed E-state index contributed by atoms with van der Waals surface area (Å²) < 4.78 is 7.42. The molecule has 1 amide bonds. The van der Waals surface area contributed by atoms with Gasteiger partial charge in [-0.2, -0.15) is 5.10 Å². The number of carbonyl (C=O) groups is 1. The minimum absolute atomic E-state index is 0.208. The number of methoxy groups -OCH3 is 1. The molecule has 3 heterocycles. The van der Waals surface area contributed by atoms with E-state index in [9.17, 15) is 4.79 Å². The summed E-state index contributed by atoms with van der Waals surface area (Å²) in [4.78, 5) is 21.7. The molecule has 33 heavy (non-hydrogen) atoms. The zero-order chi connectivity index (χ0) is 22.6. The molecule has 0 bridgehead atoms. The number of imidazole rings is 1. The summed E-state index contributed by atoms with van der Waals surface area (Å²) >= 11 is 0. The lowest BCUT2D eigenvalue weighted by Gasteiger charge is -2.13. The van der Waals surface area contributed by atoms with E-state index in [2.05, 4.69) is 30.8 Å². The summed E-state index contributed by atoms with van der Waals surface area (Å²) in [6, 6.07) is 15.1. The third-order valence-electron chi connectivity index (χ3n) is 5.23. The van der Waals surface area contributed by atoms with Crippen LogP contribution < -0.4 is 15.4 Å². The maximum absolute atomic E-state index is 12.7. The van der Waals surface area contributed by atoms with Gasteiger partial charge < -0.3 is 15.4 Å². The summed E-state index contributed by atoms with van der Waals surface area (Å²) in [5, 5.41) is 13.0. The fourth-order valence-electron chi connectivity index (χ4n) is 3.58. The van der Waals surface area contributed by atoms with Crippen molar-refractivity contribution in [3.8, 4) is 17.0 Å². The van der Waals surface area contributed by atoms with Gasteiger partial charge in [0.05, 0.1) is 30.8 Å². The predicted octanol–water partition coefficient (Wildman–Crippen LogP) is 3.80. The van der Waals surface area contributed by atoms with Crippen LogP contribution in [0, 0.1) is 0 Å². The first-order valence-electron chi connectivity index (χ1n) is 10.3. The molecule has 0 saturated carbocycles. The van der Waals surface area contributed by atoms with Crippen molar-refractivity contribution in [1.29, 1.82) is 0 Å². The number of nitrogens with zero attached hydrogens (tertiary/aromatic N) is 4. The lowest BCUT2D eigenvalue weighted by atomic mass is 10.1. The Morgan fingerprint density at radius 2 is 2.00 bits per heavy atom. The molecule has 3 N–H and O–H groups in total. The lowest BCUT2D eigenvalue weighted by molar-refractivity contribution is 0.0948. The molecule has 0 aliphatic carbocycles. The molecule has 0 radical (unpaired) electrons. The van der Waals surface area contributed by atoms with Gasteiger partial charge in [0.15, 0.2) is 11.5 Å². The van der Waals surface area contributed by atoms with E-state index in [1.807, 2.05) is 47.0 Å². The number of nitrogens with one attached hydrogen (secondary N) is 3. The van der Waals surface area contributed by atoms with Crippen molar-refractivity contribution >= 4 is 23.1 Å². The van der Waals surface area contributed by atoms with E-state index in [0.717, 1.165) is 22.5 Å². The number of ether oxygens (including phenoxy) is 1. The van der Waals surface area contributed by atoms with Gasteiger partial charge >= 0.3 is 0 Å². The Hall–Kier alpha value is -4.66. The number of anilines is 2. The van der Waals surface area contributed by atoms with Crippen molar-refractivity contribution in [2.45, 2.75) is 6.54 Å². The van der Waals surface area contributed by atoms with Gasteiger partial charge in [0.25, 0.3) is 5.91 Å². The predicted molar refractivity (Wildman–Crippen MR) is 124 cm³/mol. The molecule has 0 unspecified atom stereocenters. The van der Waals surface area contributed by atoms with Crippen LogP contribution in [-0.2, 0) is 6.54 Å². The van der Waals surface area contributed by atoms with Gasteiger partial charge in [0.2, 0.25) is 0 Å². The van der Waals surface area contributed by atoms with Crippen molar-refractivity contribution in [2.75, 3.05) is 12.4 Å². The number of fused-ring (bicyclic) bond motifs is 1. The van der Waals surface area contributed by atoms with E-state index < -0.39 is 0 Å². The molecule has 0 fully saturated rings. The SMILES string of the molecule is COc1cc(Nc2ncc(-c3cn[nH]c3)n3ccnc23)ccc1C(=O)NCc1ccccc1. The van der Waals surface area contributed by atoms with E-state index >= 15 is 0 Å². The van der Waals surface area contributed by atoms with Crippen LogP contribution in [0.3, 0.4) is 0 Å². The first-order chi connectivity index (χ1) is 16.2. The van der Waals surface area contributed by atoms with Crippen molar-refractivity contribution < 1.29 is 9.53 Å². The number of hydrogen-bond acceptors (Lipinski definition) is 6. The van der Waals surface area contributed by atoms with Crippen LogP contribution in [-0.4, -0.2) is 37.6 Å². The van der Waals surface area contributed by atoms with Crippen LogP contribution in [0.4, 0.5) is 11.5 Å². The van der Waals surface area contributed by atoms with Gasteiger partial charge in [-0.25, -0.2) is 9.97 Å². The zero-order valence-corrected chi connectivity index (χ0v) is 17.8. The molecule has 9 heteroatoms. The quantitative estimate of drug-likeness (QED) is 0.356. The number of hydrogen-bond donors (Lipinski definition) is 3. The molecular weight excluding hydrogens is 418 g/mol. The highest BCUT2D eigenvalue weighted by atomic mass is 16.5. The summed E-state index contributed by atoms with van der Waals surface area (Å²) in [7, 11) is 1.54. The van der Waals surface area contributed by atoms with Crippen molar-refractivity contribution in [1.82, 2.24) is 29.9 Å². The summed E-state index contributed by atoms with van der Waals surface area (Å²) in [6.07, 6.45) is 8.87. The first-order valence-corrected chi connectivity index (χ1v) is 10.3. The minimum Gasteiger partial charge on any atom is -0.496 e. The van der Waals surface area contributed by atoms with Crippen molar-refractivity contribution in [2.24, 2.45) is 0 Å². The molecule has 0 aliphatic heterocycles. The monoisotopic (exact) mass is 439 g/mol. The number of H-pyrrole nitrogens is 1. The summed E-state index contributed by atoms with van der Waals surface area (Å²) in [5.74, 6) is 0.830. The molecule has 164 valence electrons. The molecule has 0 saturated heterocycles. The average Bonchev–Trinajstić information content (AvgIpc) is 3.56. The standard InChI is InChI=1S/C24H21N7O2/c1-33-21-11-18(7-8-19(21)24(32)27-12-16-5-3-2-4-6-16)30-22-23-25-9-10-31(23)20(15-26-22)17-13-28-29-14-17/h2-11,13-15H,12H2,1H3,(H,26,30)(H,27,32)(H,28,29). The highest BCUT2D eigenvalue weighted by molar-refractivity contribution is 5.97. The van der Waals surface area contributed by atoms with E-state index in [4.69, 9.17) is 4.74 Å². The topological polar surface area (TPSA) is 109 Å². The van der Waals surface area contributed by atoms with E-state index in [1.165, 1.54) is 7.11 Å². The molecule has 3 aromatic heterocycles. The van der Waals surface area contributed by atoms with Gasteiger partial charge in [-0.1, -0.05) is 30.3 Å². The van der Waals surface area contributed by atoms with E-state index in [1.54, 1.807) is 36.9 Å². The Balaban J connectivity index is 1.37. The number of aromatic amines is 1. The van der Waals surface area contributed by atoms with Crippen LogP contribution in [0.15, 0.2) is 79.5 Å². The Bertz CT molecular complexity index is 1400. The number of benzene rings is 2. The van der Waals surface area contributed by atoms with Gasteiger partial charge in [-0.05, 0) is 17.7 Å². The Kier molecular flexibility index (Phi) is 5.42. The van der Waals surface area contributed by atoms with Gasteiger partial charge in [0.1, 0.15) is 5.75 Å². The molecule has 2 aromatic carbocycles. The number of amides is 1. The largest absolute Gasteiger partial charge is 0.496 e. The highest BCUT2D eigenvalue weighted by Crippen LogP contribution is 2.28. The van der Waals surface area contributed by atoms with Gasteiger partial charge in [-0.3, -0.25) is 14.3 Å². The molecule has 0 atom stereocenters. The first kappa shape index (κ1) is 20.3. The number of aromatic nitrogens is 5. The Labute approximate surface area is 189 Å². The fraction of sp³-hybridized carbons (Fsp3) is 0.0833. The van der Waals surface area contributed by atoms with Gasteiger partial charge in [-0.15, -0.1) is 0 Å². The van der Waals surface area contributed by atoms with Crippen LogP contribution in [0.2, 0.25) is 0 Å². The molecule has 0 aliphatic rings. The second kappa shape index (κ2) is 8.83. The van der Waals surface area contributed by atoms with E-state index in [0.29, 0.717) is 29.3 Å². The van der Waals surface area contributed by atoms with Crippen LogP contribution in [0.5, 0.6) is 5.75 Å². The van der Waals surface area contributed by atoms with Crippen molar-refractivity contribution in [3.63, 3.8) is 0 Å². The fourth-order valence-corrected chi connectivity index (χ4v) is 3.58. The Morgan fingerprint density at radius 1 is 1.12 bits per heavy atom. The second-order valence-electron chi connectivity index (χ2n) is 7.31. The normalized spacial score (nSPS) is 10.8. The van der Waals surface area contributed by atoms with Gasteiger partial charge in [0, 0.05) is 42.5 Å². The maximum atomic E-state index is 12.7. The van der Waals surface area contributed by atoms with Crippen LogP contribution >= 0.6 is 0 Å². The van der Waals surface area contributed by atoms with Crippen LogP contribution in [0.25, 0.3) is 16.9 Å². The molecule has 9 nitrogen and oxygen atoms in total. The highest BCUT2D eigenvalue weighted by Gasteiger charge is 2.15. The average molecular weight is 439 g/mol. The van der Waals surface area contributed by atoms with E-state index in [-0.39, 0.29) is 5.91 Å². The smallest absolute Gasteiger partial charge is 0.255 e. The third-order valence-corrected chi connectivity index (χ3v) is 5.23. The molecule has 5 aromatic rings. The lowest BCUT2D eigenvalue weighted by Crippen LogP contribution is -2.23. The maximum Gasteiger partial charge on any atom is 0.255 e. The van der Waals surface area contributed by atoms with Crippen molar-refractivity contribution in [3.05, 3.63) is 90.6 Å². The molecule has 5 rings (SSSR count). The number of rotatable bonds is 7. The minimum atomic E-state index is -0.208. The molecular formula is C24H21N7O2. The summed E-state index contributed by atoms with van der Waals surface area (Å²) in [6.45, 7) is 0.438. The summed E-state index contributed by atoms with van der Waals surface area (Å²) in [5.41, 5.74) is 4.64. The third kappa shape index (κ3) is 4.11. The zero-order valence-electron chi connectivity index (χ0n) is 17.8. The number of carbonyl (C=O) groups excluding carboxylic acids is 1. The Morgan fingerprint density at radius 3 is 2.79 bits per heavy atom. The molecule has 0 spiro atoms.